The zero-order valence-corrected chi connectivity index (χ0v) is 12.8. The highest BCUT2D eigenvalue weighted by Crippen LogP contribution is 2.27. The Bertz CT molecular complexity index is 588. The summed E-state index contributed by atoms with van der Waals surface area (Å²) >= 11 is 8.74. The maximum atomic E-state index is 12.0. The lowest BCUT2D eigenvalue weighted by molar-refractivity contribution is -0.115. The lowest BCUT2D eigenvalue weighted by Crippen LogP contribution is -2.22. The van der Waals surface area contributed by atoms with Gasteiger partial charge in [0.2, 0.25) is 5.91 Å². The third-order valence-corrected chi connectivity index (χ3v) is 4.50. The minimum Gasteiger partial charge on any atom is -0.325 e. The van der Waals surface area contributed by atoms with Gasteiger partial charge in [0.15, 0.2) is 4.34 Å². The number of rotatable bonds is 4. The number of nitrogens with one attached hydrogen (secondary N) is 1. The zero-order valence-electron chi connectivity index (χ0n) is 10.4. The van der Waals surface area contributed by atoms with Gasteiger partial charge in [-0.05, 0) is 32.0 Å². The smallest absolute Gasteiger partial charge is 0.237 e. The van der Waals surface area contributed by atoms with Crippen LogP contribution in [0.15, 0.2) is 28.6 Å². The molecule has 0 saturated carbocycles. The van der Waals surface area contributed by atoms with Crippen molar-refractivity contribution in [2.75, 3.05) is 5.32 Å². The summed E-state index contributed by atoms with van der Waals surface area (Å²) in [4.78, 5) is 12.0. The number of anilines is 1. The van der Waals surface area contributed by atoms with Gasteiger partial charge in [-0.2, -0.15) is 0 Å². The molecule has 1 atom stereocenters. The Balaban J connectivity index is 1.96. The summed E-state index contributed by atoms with van der Waals surface area (Å²) in [6, 6.07) is 7.07. The van der Waals surface area contributed by atoms with Crippen molar-refractivity contribution in [1.29, 1.82) is 0 Å². The van der Waals surface area contributed by atoms with E-state index in [1.807, 2.05) is 13.8 Å². The van der Waals surface area contributed by atoms with Gasteiger partial charge in [-0.1, -0.05) is 40.8 Å². The number of hydrogen-bond acceptors (Lipinski definition) is 5. The van der Waals surface area contributed by atoms with Crippen LogP contribution in [0.25, 0.3) is 0 Å². The number of carbonyl (C=O) groups excluding carboxylic acids is 1. The van der Waals surface area contributed by atoms with E-state index in [-0.39, 0.29) is 11.2 Å². The topological polar surface area (TPSA) is 54.9 Å². The molecule has 2 rings (SSSR count). The van der Waals surface area contributed by atoms with Crippen LogP contribution in [0.3, 0.4) is 0 Å². The third kappa shape index (κ3) is 4.19. The van der Waals surface area contributed by atoms with Crippen molar-refractivity contribution in [1.82, 2.24) is 10.2 Å². The molecular formula is C12H12ClN3OS2. The quantitative estimate of drug-likeness (QED) is 0.876. The van der Waals surface area contributed by atoms with Gasteiger partial charge in [0.05, 0.1) is 5.25 Å². The fourth-order valence-corrected chi connectivity index (χ4v) is 3.49. The first-order valence-corrected chi connectivity index (χ1v) is 7.65. The Morgan fingerprint density at radius 3 is 2.89 bits per heavy atom. The Labute approximate surface area is 124 Å². The van der Waals surface area contributed by atoms with E-state index < -0.39 is 0 Å². The fourth-order valence-electron chi connectivity index (χ4n) is 1.34. The van der Waals surface area contributed by atoms with Crippen molar-refractivity contribution in [2.24, 2.45) is 0 Å². The van der Waals surface area contributed by atoms with Crippen LogP contribution in [-0.4, -0.2) is 21.4 Å². The van der Waals surface area contributed by atoms with Crippen LogP contribution in [0, 0.1) is 6.92 Å². The highest BCUT2D eigenvalue weighted by atomic mass is 35.5. The molecule has 1 aromatic heterocycles. The van der Waals surface area contributed by atoms with E-state index in [2.05, 4.69) is 15.5 Å². The van der Waals surface area contributed by atoms with Crippen LogP contribution in [0.4, 0.5) is 5.69 Å². The monoisotopic (exact) mass is 313 g/mol. The van der Waals surface area contributed by atoms with Gasteiger partial charge in [-0.3, -0.25) is 4.79 Å². The second kappa shape index (κ2) is 6.36. The Hall–Kier alpha value is -1.11. The molecule has 0 spiro atoms. The fraction of sp³-hybridized carbons (Fsp3) is 0.250. The van der Waals surface area contributed by atoms with Crippen molar-refractivity contribution in [3.63, 3.8) is 0 Å². The SMILES string of the molecule is Cc1nnc(S[C@H](C)C(=O)Nc2cccc(Cl)c2)s1. The van der Waals surface area contributed by atoms with Gasteiger partial charge in [-0.25, -0.2) is 0 Å². The van der Waals surface area contributed by atoms with Crippen molar-refractivity contribution in [2.45, 2.75) is 23.4 Å². The van der Waals surface area contributed by atoms with Crippen LogP contribution in [0.1, 0.15) is 11.9 Å². The zero-order chi connectivity index (χ0) is 13.8. The second-order valence-electron chi connectivity index (χ2n) is 3.85. The highest BCUT2D eigenvalue weighted by Gasteiger charge is 2.16. The minimum absolute atomic E-state index is 0.0832. The maximum absolute atomic E-state index is 12.0. The van der Waals surface area contributed by atoms with E-state index in [9.17, 15) is 4.79 Å². The number of carbonyl (C=O) groups is 1. The molecule has 1 heterocycles. The first-order valence-electron chi connectivity index (χ1n) is 5.58. The lowest BCUT2D eigenvalue weighted by Gasteiger charge is -2.10. The molecule has 1 amide bonds. The number of aromatic nitrogens is 2. The largest absolute Gasteiger partial charge is 0.325 e. The molecule has 0 aliphatic heterocycles. The number of amides is 1. The van der Waals surface area contributed by atoms with E-state index in [0.717, 1.165) is 9.35 Å². The molecule has 2 aromatic rings. The molecule has 0 saturated heterocycles. The molecule has 0 radical (unpaired) electrons. The number of hydrogen-bond donors (Lipinski definition) is 1. The van der Waals surface area contributed by atoms with E-state index in [1.54, 1.807) is 24.3 Å². The molecule has 1 aromatic carbocycles. The molecule has 0 unspecified atom stereocenters. The van der Waals surface area contributed by atoms with Crippen LogP contribution >= 0.6 is 34.7 Å². The van der Waals surface area contributed by atoms with Gasteiger partial charge in [0, 0.05) is 10.7 Å². The molecule has 7 heteroatoms. The molecule has 19 heavy (non-hydrogen) atoms. The number of thioether (sulfide) groups is 1. The van der Waals surface area contributed by atoms with Gasteiger partial charge in [-0.15, -0.1) is 10.2 Å². The van der Waals surface area contributed by atoms with Gasteiger partial charge in [0.1, 0.15) is 5.01 Å². The normalized spacial score (nSPS) is 12.2. The number of halogens is 1. The number of aryl methyl sites for hydroxylation is 1. The molecule has 1 N–H and O–H groups in total. The molecular weight excluding hydrogens is 302 g/mol. The molecule has 0 aliphatic rings. The van der Waals surface area contributed by atoms with Crippen LogP contribution in [-0.2, 0) is 4.79 Å². The predicted octanol–water partition coefficient (Wildman–Crippen LogP) is 3.62. The van der Waals surface area contributed by atoms with Gasteiger partial charge < -0.3 is 5.32 Å². The molecule has 4 nitrogen and oxygen atoms in total. The summed E-state index contributed by atoms with van der Waals surface area (Å²) in [5.41, 5.74) is 0.693. The summed E-state index contributed by atoms with van der Waals surface area (Å²) in [6.07, 6.45) is 0. The Morgan fingerprint density at radius 1 is 1.47 bits per heavy atom. The lowest BCUT2D eigenvalue weighted by atomic mass is 10.3. The first-order chi connectivity index (χ1) is 9.04. The molecule has 0 aliphatic carbocycles. The third-order valence-electron chi connectivity index (χ3n) is 2.25. The van der Waals surface area contributed by atoms with Crippen molar-refractivity contribution < 1.29 is 4.79 Å². The average Bonchev–Trinajstić information content (AvgIpc) is 2.74. The van der Waals surface area contributed by atoms with Crippen molar-refractivity contribution in [3.8, 4) is 0 Å². The minimum atomic E-state index is -0.244. The van der Waals surface area contributed by atoms with E-state index in [0.29, 0.717) is 10.7 Å². The summed E-state index contributed by atoms with van der Waals surface area (Å²) in [5, 5.41) is 12.0. The summed E-state index contributed by atoms with van der Waals surface area (Å²) in [7, 11) is 0. The molecule has 100 valence electrons. The Kier molecular flexibility index (Phi) is 4.79. The summed E-state index contributed by atoms with van der Waals surface area (Å²) in [6.45, 7) is 3.72. The van der Waals surface area contributed by atoms with E-state index >= 15 is 0 Å². The predicted molar refractivity (Wildman–Crippen MR) is 80.0 cm³/mol. The summed E-state index contributed by atoms with van der Waals surface area (Å²) in [5.74, 6) is -0.0832. The van der Waals surface area contributed by atoms with Crippen LogP contribution < -0.4 is 5.32 Å². The average molecular weight is 314 g/mol. The van der Waals surface area contributed by atoms with Crippen LogP contribution in [0.2, 0.25) is 5.02 Å². The molecule has 0 fully saturated rings. The van der Waals surface area contributed by atoms with Gasteiger partial charge >= 0.3 is 0 Å². The standard InChI is InChI=1S/C12H12ClN3OS2/c1-7(18-12-16-15-8(2)19-12)11(17)14-10-5-3-4-9(13)6-10/h3-7H,1-2H3,(H,14,17)/t7-/m1/s1. The van der Waals surface area contributed by atoms with Crippen molar-refractivity contribution in [3.05, 3.63) is 34.3 Å². The number of benzene rings is 1. The second-order valence-corrected chi connectivity index (χ2v) is 7.05. The highest BCUT2D eigenvalue weighted by molar-refractivity contribution is 8.02. The Morgan fingerprint density at radius 2 is 2.26 bits per heavy atom. The van der Waals surface area contributed by atoms with Gasteiger partial charge in [0.25, 0.3) is 0 Å². The van der Waals surface area contributed by atoms with E-state index in [4.69, 9.17) is 11.6 Å². The maximum Gasteiger partial charge on any atom is 0.237 e. The van der Waals surface area contributed by atoms with E-state index in [1.165, 1.54) is 23.1 Å². The summed E-state index contributed by atoms with van der Waals surface area (Å²) < 4.78 is 0.797. The first kappa shape index (κ1) is 14.3. The number of nitrogens with zero attached hydrogens (tertiary/aromatic N) is 2. The molecule has 0 bridgehead atoms. The van der Waals surface area contributed by atoms with Crippen LogP contribution in [0.5, 0.6) is 0 Å². The van der Waals surface area contributed by atoms with Crippen molar-refractivity contribution >= 4 is 46.3 Å².